The molecule has 0 atom stereocenters. The second-order valence-corrected chi connectivity index (χ2v) is 7.83. The predicted molar refractivity (Wildman–Crippen MR) is 109 cm³/mol. The van der Waals surface area contributed by atoms with Crippen molar-refractivity contribution in [3.8, 4) is 0 Å². The van der Waals surface area contributed by atoms with Gasteiger partial charge in [-0.05, 0) is 38.5 Å². The van der Waals surface area contributed by atoms with Crippen molar-refractivity contribution < 1.29 is 18.3 Å². The molecule has 29 heavy (non-hydrogen) atoms. The van der Waals surface area contributed by atoms with Gasteiger partial charge >= 0.3 is 6.09 Å². The van der Waals surface area contributed by atoms with Crippen LogP contribution in [0.4, 0.5) is 19.3 Å². The number of nitrogens with zero attached hydrogens (tertiary/aromatic N) is 2. The molecule has 0 bridgehead atoms. The van der Waals surface area contributed by atoms with Crippen LogP contribution >= 0.6 is 0 Å². The highest BCUT2D eigenvalue weighted by Crippen LogP contribution is 2.23. The van der Waals surface area contributed by atoms with Crippen LogP contribution < -0.4 is 4.90 Å². The zero-order valence-electron chi connectivity index (χ0n) is 16.7. The highest BCUT2D eigenvalue weighted by atomic mass is 19.1. The summed E-state index contributed by atoms with van der Waals surface area (Å²) in [4.78, 5) is 14.2. The quantitative estimate of drug-likeness (QED) is 0.548. The minimum absolute atomic E-state index is 0.0730. The summed E-state index contributed by atoms with van der Waals surface area (Å²) in [5.74, 6) is -1.37. The molecule has 4 nitrogen and oxygen atoms in total. The van der Waals surface area contributed by atoms with Crippen LogP contribution in [-0.4, -0.2) is 16.3 Å². The molecule has 0 saturated carbocycles. The van der Waals surface area contributed by atoms with Gasteiger partial charge in [0.1, 0.15) is 17.2 Å². The number of benzene rings is 2. The van der Waals surface area contributed by atoms with Gasteiger partial charge in [-0.15, -0.1) is 0 Å². The number of carbonyl (C=O) groups excluding carboxylic acids is 1. The predicted octanol–water partition coefficient (Wildman–Crippen LogP) is 5.76. The molecule has 0 unspecified atom stereocenters. The number of anilines is 1. The molecular weight excluding hydrogens is 374 g/mol. The van der Waals surface area contributed by atoms with E-state index in [1.165, 1.54) is 17.0 Å². The van der Waals surface area contributed by atoms with E-state index in [-0.39, 0.29) is 12.1 Å². The Morgan fingerprint density at radius 3 is 2.45 bits per heavy atom. The van der Waals surface area contributed by atoms with E-state index in [1.807, 2.05) is 41.1 Å². The molecule has 152 valence electrons. The lowest BCUT2D eigenvalue weighted by Gasteiger charge is -2.27. The zero-order chi connectivity index (χ0) is 21.0. The van der Waals surface area contributed by atoms with Crippen LogP contribution in [0.1, 0.15) is 31.9 Å². The third-order valence-corrected chi connectivity index (χ3v) is 4.21. The summed E-state index contributed by atoms with van der Waals surface area (Å²) in [7, 11) is 0. The van der Waals surface area contributed by atoms with Crippen LogP contribution in [0.3, 0.4) is 0 Å². The minimum Gasteiger partial charge on any atom is -0.443 e. The molecule has 1 amide bonds. The van der Waals surface area contributed by atoms with E-state index in [0.717, 1.165) is 11.6 Å². The van der Waals surface area contributed by atoms with Gasteiger partial charge in [-0.2, -0.15) is 0 Å². The molecule has 3 aromatic rings. The molecule has 1 heterocycles. The van der Waals surface area contributed by atoms with Crippen molar-refractivity contribution >= 4 is 11.8 Å². The fraction of sp³-hybridized carbons (Fsp3) is 0.261. The van der Waals surface area contributed by atoms with Crippen molar-refractivity contribution in [3.63, 3.8) is 0 Å². The van der Waals surface area contributed by atoms with E-state index in [4.69, 9.17) is 4.74 Å². The maximum absolute atomic E-state index is 14.2. The fourth-order valence-corrected chi connectivity index (χ4v) is 2.88. The molecule has 0 saturated heterocycles. The van der Waals surface area contributed by atoms with Crippen molar-refractivity contribution in [3.05, 3.63) is 89.8 Å². The zero-order valence-corrected chi connectivity index (χ0v) is 16.7. The van der Waals surface area contributed by atoms with Crippen LogP contribution in [0.25, 0.3) is 0 Å². The third-order valence-electron chi connectivity index (χ3n) is 4.21. The number of carbonyl (C=O) groups is 1. The van der Waals surface area contributed by atoms with Crippen LogP contribution in [0, 0.1) is 11.6 Å². The first-order valence-electron chi connectivity index (χ1n) is 9.35. The highest BCUT2D eigenvalue weighted by Gasteiger charge is 2.25. The Labute approximate surface area is 169 Å². The summed E-state index contributed by atoms with van der Waals surface area (Å²) in [6.07, 6.45) is 3.05. The maximum Gasteiger partial charge on any atom is 0.415 e. The molecule has 0 spiro atoms. The average molecular weight is 398 g/mol. The SMILES string of the molecule is CC(C)(C)OC(=O)N(Cc1ccc(F)cc1F)c1ccn(Cc2ccccc2)c1. The number of aromatic nitrogens is 1. The van der Waals surface area contributed by atoms with Gasteiger partial charge in [0, 0.05) is 30.6 Å². The summed E-state index contributed by atoms with van der Waals surface area (Å²) >= 11 is 0. The topological polar surface area (TPSA) is 34.5 Å². The van der Waals surface area contributed by atoms with Crippen LogP contribution in [-0.2, 0) is 17.8 Å². The Balaban J connectivity index is 1.87. The van der Waals surface area contributed by atoms with Gasteiger partial charge in [-0.3, -0.25) is 4.90 Å². The Kier molecular flexibility index (Phi) is 6.01. The molecule has 3 rings (SSSR count). The lowest BCUT2D eigenvalue weighted by molar-refractivity contribution is 0.0577. The van der Waals surface area contributed by atoms with E-state index >= 15 is 0 Å². The molecule has 2 aromatic carbocycles. The Morgan fingerprint density at radius 2 is 1.79 bits per heavy atom. The van der Waals surface area contributed by atoms with Gasteiger partial charge in [0.2, 0.25) is 0 Å². The van der Waals surface area contributed by atoms with E-state index in [1.54, 1.807) is 33.0 Å². The normalized spacial score (nSPS) is 11.3. The second-order valence-electron chi connectivity index (χ2n) is 7.83. The molecule has 0 aliphatic rings. The van der Waals surface area contributed by atoms with Crippen LogP contribution in [0.15, 0.2) is 67.0 Å². The highest BCUT2D eigenvalue weighted by molar-refractivity contribution is 5.87. The lowest BCUT2D eigenvalue weighted by atomic mass is 10.2. The second kappa shape index (κ2) is 8.47. The summed E-state index contributed by atoms with van der Waals surface area (Å²) in [5.41, 5.74) is 1.18. The van der Waals surface area contributed by atoms with E-state index in [0.29, 0.717) is 12.2 Å². The van der Waals surface area contributed by atoms with Gasteiger partial charge in [0.15, 0.2) is 0 Å². The standard InChI is InChI=1S/C23H24F2N2O2/c1-23(2,3)29-22(28)27(15-18-9-10-19(24)13-21(18)25)20-11-12-26(16-20)14-17-7-5-4-6-8-17/h4-13,16H,14-15H2,1-3H3. The van der Waals surface area contributed by atoms with Crippen molar-refractivity contribution in [2.75, 3.05) is 4.90 Å². The average Bonchev–Trinajstić information content (AvgIpc) is 3.08. The maximum atomic E-state index is 14.2. The largest absolute Gasteiger partial charge is 0.443 e. The molecule has 0 aliphatic carbocycles. The first-order chi connectivity index (χ1) is 13.7. The number of rotatable bonds is 5. The molecule has 0 fully saturated rings. The summed E-state index contributed by atoms with van der Waals surface area (Å²) in [5, 5.41) is 0. The fourth-order valence-electron chi connectivity index (χ4n) is 2.88. The number of hydrogen-bond donors (Lipinski definition) is 0. The van der Waals surface area contributed by atoms with Crippen molar-refractivity contribution in [2.24, 2.45) is 0 Å². The smallest absolute Gasteiger partial charge is 0.415 e. The molecular formula is C23H24F2N2O2. The van der Waals surface area contributed by atoms with E-state index < -0.39 is 23.3 Å². The number of amides is 1. The Hall–Kier alpha value is -3.15. The van der Waals surface area contributed by atoms with Crippen LogP contribution in [0.2, 0.25) is 0 Å². The van der Waals surface area contributed by atoms with Gasteiger partial charge in [-0.25, -0.2) is 13.6 Å². The summed E-state index contributed by atoms with van der Waals surface area (Å²) < 4.78 is 34.9. The van der Waals surface area contributed by atoms with E-state index in [2.05, 4.69) is 0 Å². The molecule has 6 heteroatoms. The first-order valence-corrected chi connectivity index (χ1v) is 9.35. The monoisotopic (exact) mass is 398 g/mol. The van der Waals surface area contributed by atoms with Crippen molar-refractivity contribution in [2.45, 2.75) is 39.5 Å². The summed E-state index contributed by atoms with van der Waals surface area (Å²) in [6.45, 7) is 5.86. The van der Waals surface area contributed by atoms with Gasteiger partial charge in [0.25, 0.3) is 0 Å². The van der Waals surface area contributed by atoms with Gasteiger partial charge in [-0.1, -0.05) is 36.4 Å². The number of halogens is 2. The minimum atomic E-state index is -0.706. The van der Waals surface area contributed by atoms with Gasteiger partial charge < -0.3 is 9.30 Å². The van der Waals surface area contributed by atoms with Gasteiger partial charge in [0.05, 0.1) is 12.2 Å². The van der Waals surface area contributed by atoms with Crippen molar-refractivity contribution in [1.29, 1.82) is 0 Å². The lowest BCUT2D eigenvalue weighted by Crippen LogP contribution is -2.36. The van der Waals surface area contributed by atoms with E-state index in [9.17, 15) is 13.6 Å². The molecule has 0 N–H and O–H groups in total. The Bertz CT molecular complexity index is 978. The first kappa shape index (κ1) is 20.6. The Morgan fingerprint density at radius 1 is 1.07 bits per heavy atom. The number of hydrogen-bond acceptors (Lipinski definition) is 2. The molecule has 0 radical (unpaired) electrons. The number of ether oxygens (including phenoxy) is 1. The molecule has 1 aromatic heterocycles. The van der Waals surface area contributed by atoms with Crippen molar-refractivity contribution in [1.82, 2.24) is 4.57 Å². The molecule has 0 aliphatic heterocycles. The summed E-state index contributed by atoms with van der Waals surface area (Å²) in [6, 6.07) is 15.0. The van der Waals surface area contributed by atoms with Crippen LogP contribution in [0.5, 0.6) is 0 Å². The third kappa shape index (κ3) is 5.67.